The number of halogens is 2. The number of carbonyl (C=O) groups is 1. The van der Waals surface area contributed by atoms with Crippen LogP contribution in [-0.4, -0.2) is 47.0 Å². The van der Waals surface area contributed by atoms with E-state index in [0.29, 0.717) is 44.1 Å². The van der Waals surface area contributed by atoms with Gasteiger partial charge in [0.25, 0.3) is 0 Å². The van der Waals surface area contributed by atoms with E-state index in [1.165, 1.54) is 6.07 Å². The van der Waals surface area contributed by atoms with Gasteiger partial charge in [-0.15, -0.1) is 0 Å². The Morgan fingerprint density at radius 1 is 1.29 bits per heavy atom. The fourth-order valence-electron chi connectivity index (χ4n) is 3.30. The van der Waals surface area contributed by atoms with Crippen molar-refractivity contribution in [2.45, 2.75) is 19.3 Å². The van der Waals surface area contributed by atoms with Gasteiger partial charge in [0.05, 0.1) is 5.41 Å². The van der Waals surface area contributed by atoms with E-state index in [-0.39, 0.29) is 23.6 Å². The summed E-state index contributed by atoms with van der Waals surface area (Å²) in [5.74, 6) is -0.724. The average molecular weight is 412 g/mol. The SMILES string of the molecule is CS(=O)CCNC(=O)C1(Cc2cc(-c3ccc(F)cc3F)no2)CCOCC1. The minimum atomic E-state index is -0.990. The summed E-state index contributed by atoms with van der Waals surface area (Å²) in [5, 5.41) is 6.72. The van der Waals surface area contributed by atoms with E-state index in [1.54, 1.807) is 12.3 Å². The second-order valence-corrected chi connectivity index (χ2v) is 8.46. The monoisotopic (exact) mass is 412 g/mol. The Kier molecular flexibility index (Phi) is 6.56. The summed E-state index contributed by atoms with van der Waals surface area (Å²) >= 11 is 0. The van der Waals surface area contributed by atoms with Gasteiger partial charge in [0.2, 0.25) is 5.91 Å². The third kappa shape index (κ3) is 4.82. The molecule has 6 nitrogen and oxygen atoms in total. The maximum absolute atomic E-state index is 14.0. The van der Waals surface area contributed by atoms with E-state index < -0.39 is 27.8 Å². The fraction of sp³-hybridized carbons (Fsp3) is 0.474. The molecule has 1 aromatic carbocycles. The molecule has 28 heavy (non-hydrogen) atoms. The molecule has 152 valence electrons. The Balaban J connectivity index is 1.77. The molecule has 1 fully saturated rings. The van der Waals surface area contributed by atoms with Crippen molar-refractivity contribution in [2.75, 3.05) is 31.8 Å². The van der Waals surface area contributed by atoms with Crippen LogP contribution in [0.1, 0.15) is 18.6 Å². The molecule has 2 aromatic rings. The van der Waals surface area contributed by atoms with Crippen molar-refractivity contribution in [3.63, 3.8) is 0 Å². The Morgan fingerprint density at radius 2 is 2.04 bits per heavy atom. The molecule has 0 bridgehead atoms. The highest BCUT2D eigenvalue weighted by molar-refractivity contribution is 7.84. The van der Waals surface area contributed by atoms with Crippen LogP contribution in [0, 0.1) is 17.0 Å². The summed E-state index contributed by atoms with van der Waals surface area (Å²) in [7, 11) is -0.990. The van der Waals surface area contributed by atoms with E-state index in [0.717, 1.165) is 12.1 Å². The van der Waals surface area contributed by atoms with E-state index in [4.69, 9.17) is 9.26 Å². The van der Waals surface area contributed by atoms with Crippen LogP contribution in [0.3, 0.4) is 0 Å². The van der Waals surface area contributed by atoms with Crippen molar-refractivity contribution >= 4 is 16.7 Å². The van der Waals surface area contributed by atoms with Crippen LogP contribution < -0.4 is 5.32 Å². The topological polar surface area (TPSA) is 81.4 Å². The second kappa shape index (κ2) is 8.91. The zero-order valence-electron chi connectivity index (χ0n) is 15.5. The number of hydrogen-bond acceptors (Lipinski definition) is 5. The average Bonchev–Trinajstić information content (AvgIpc) is 3.10. The van der Waals surface area contributed by atoms with Crippen molar-refractivity contribution in [3.8, 4) is 11.3 Å². The number of nitrogens with one attached hydrogen (secondary N) is 1. The van der Waals surface area contributed by atoms with Crippen molar-refractivity contribution in [1.29, 1.82) is 0 Å². The second-order valence-electron chi connectivity index (χ2n) is 6.91. The number of aromatic nitrogens is 1. The standard InChI is InChI=1S/C19H22F2N2O4S/c1-28(25)9-6-22-18(24)19(4-7-26-8-5-19)12-14-11-17(23-27-14)15-3-2-13(20)10-16(15)21/h2-3,10-11H,4-9,12H2,1H3,(H,22,24). The number of amides is 1. The van der Waals surface area contributed by atoms with Crippen LogP contribution in [0.5, 0.6) is 0 Å². The first-order chi connectivity index (χ1) is 13.4. The normalized spacial score (nSPS) is 17.2. The van der Waals surface area contributed by atoms with Gasteiger partial charge in [-0.05, 0) is 25.0 Å². The first kappa shape index (κ1) is 20.6. The molecule has 1 aliphatic heterocycles. The third-order valence-electron chi connectivity index (χ3n) is 4.89. The van der Waals surface area contributed by atoms with E-state index >= 15 is 0 Å². The van der Waals surface area contributed by atoms with Crippen LogP contribution >= 0.6 is 0 Å². The molecule has 1 amide bonds. The Labute approximate surface area is 164 Å². The van der Waals surface area contributed by atoms with Crippen molar-refractivity contribution in [2.24, 2.45) is 5.41 Å². The van der Waals surface area contributed by atoms with E-state index in [2.05, 4.69) is 10.5 Å². The Bertz CT molecular complexity index is 865. The number of rotatable bonds is 7. The fourth-order valence-corrected chi connectivity index (χ4v) is 3.69. The summed E-state index contributed by atoms with van der Waals surface area (Å²) < 4.78 is 49.1. The van der Waals surface area contributed by atoms with Gasteiger partial charge < -0.3 is 14.6 Å². The maximum atomic E-state index is 14.0. The van der Waals surface area contributed by atoms with E-state index in [9.17, 15) is 17.8 Å². The van der Waals surface area contributed by atoms with Gasteiger partial charge in [0, 0.05) is 66.7 Å². The van der Waals surface area contributed by atoms with Gasteiger partial charge in [-0.3, -0.25) is 9.00 Å². The third-order valence-corrected chi connectivity index (χ3v) is 5.66. The molecule has 2 heterocycles. The van der Waals surface area contributed by atoms with Crippen LogP contribution in [-0.2, 0) is 26.8 Å². The van der Waals surface area contributed by atoms with Crippen LogP contribution in [0.2, 0.25) is 0 Å². The van der Waals surface area contributed by atoms with Crippen molar-refractivity contribution in [3.05, 3.63) is 41.7 Å². The largest absolute Gasteiger partial charge is 0.381 e. The lowest BCUT2D eigenvalue weighted by Crippen LogP contribution is -2.47. The number of benzene rings is 1. The molecule has 3 rings (SSSR count). The minimum Gasteiger partial charge on any atom is -0.381 e. The molecule has 1 aromatic heterocycles. The van der Waals surface area contributed by atoms with Gasteiger partial charge in [-0.2, -0.15) is 0 Å². The summed E-state index contributed by atoms with van der Waals surface area (Å²) in [6.45, 7) is 1.22. The lowest BCUT2D eigenvalue weighted by molar-refractivity contribution is -0.136. The van der Waals surface area contributed by atoms with Crippen molar-refractivity contribution < 1.29 is 27.0 Å². The molecule has 9 heteroatoms. The summed E-state index contributed by atoms with van der Waals surface area (Å²) in [6.07, 6.45) is 2.89. The molecule has 0 saturated carbocycles. The number of hydrogen-bond donors (Lipinski definition) is 1. The minimum absolute atomic E-state index is 0.132. The summed E-state index contributed by atoms with van der Waals surface area (Å²) in [4.78, 5) is 12.8. The zero-order valence-corrected chi connectivity index (χ0v) is 16.3. The molecule has 0 spiro atoms. The predicted octanol–water partition coefficient (Wildman–Crippen LogP) is 2.45. The van der Waals surface area contributed by atoms with E-state index in [1.807, 2.05) is 0 Å². The zero-order chi connectivity index (χ0) is 20.1. The summed E-state index contributed by atoms with van der Waals surface area (Å²) in [5.41, 5.74) is -0.352. The molecule has 0 aliphatic carbocycles. The molecule has 1 N–H and O–H groups in total. The van der Waals surface area contributed by atoms with Crippen LogP contribution in [0.4, 0.5) is 8.78 Å². The number of carbonyl (C=O) groups excluding carboxylic acids is 1. The lowest BCUT2D eigenvalue weighted by atomic mass is 9.75. The smallest absolute Gasteiger partial charge is 0.226 e. The van der Waals surface area contributed by atoms with Gasteiger partial charge in [0.1, 0.15) is 23.1 Å². The van der Waals surface area contributed by atoms with Crippen LogP contribution in [0.25, 0.3) is 11.3 Å². The highest BCUT2D eigenvalue weighted by Crippen LogP contribution is 2.36. The molecule has 1 saturated heterocycles. The van der Waals surface area contributed by atoms with Crippen LogP contribution in [0.15, 0.2) is 28.8 Å². The quantitative estimate of drug-likeness (QED) is 0.756. The molecular weight excluding hydrogens is 390 g/mol. The number of nitrogens with zero attached hydrogens (tertiary/aromatic N) is 1. The predicted molar refractivity (Wildman–Crippen MR) is 100.0 cm³/mol. The van der Waals surface area contributed by atoms with Gasteiger partial charge in [0.15, 0.2) is 0 Å². The molecule has 1 aliphatic rings. The molecular formula is C19H22F2N2O4S. The van der Waals surface area contributed by atoms with Gasteiger partial charge in [-0.1, -0.05) is 5.16 Å². The highest BCUT2D eigenvalue weighted by Gasteiger charge is 2.41. The first-order valence-electron chi connectivity index (χ1n) is 8.97. The van der Waals surface area contributed by atoms with Gasteiger partial charge >= 0.3 is 0 Å². The van der Waals surface area contributed by atoms with Crippen molar-refractivity contribution in [1.82, 2.24) is 10.5 Å². The Morgan fingerprint density at radius 3 is 2.71 bits per heavy atom. The first-order valence-corrected chi connectivity index (χ1v) is 10.7. The van der Waals surface area contributed by atoms with Gasteiger partial charge in [-0.25, -0.2) is 8.78 Å². The molecule has 1 atom stereocenters. The number of ether oxygens (including phenoxy) is 1. The molecule has 0 radical (unpaired) electrons. The lowest BCUT2D eigenvalue weighted by Gasteiger charge is -2.35. The Hall–Kier alpha value is -2.13. The summed E-state index contributed by atoms with van der Waals surface area (Å²) in [6, 6.07) is 4.81. The maximum Gasteiger partial charge on any atom is 0.226 e. The highest BCUT2D eigenvalue weighted by atomic mass is 32.2. The molecule has 1 unspecified atom stereocenters.